The van der Waals surface area contributed by atoms with Gasteiger partial charge in [0.05, 0.1) is 6.26 Å². The molecule has 0 atom stereocenters. The molecule has 2 aromatic rings. The molecule has 80 valence electrons. The maximum absolute atomic E-state index is 13.8. The molecule has 0 N–H and O–H groups in total. The van der Waals surface area contributed by atoms with E-state index in [1.165, 1.54) is 18.4 Å². The van der Waals surface area contributed by atoms with Crippen molar-refractivity contribution in [2.75, 3.05) is 0 Å². The number of isocyanates is 1. The summed E-state index contributed by atoms with van der Waals surface area (Å²) < 4.78 is 19.0. The first kappa shape index (κ1) is 9.31. The monoisotopic (exact) mass is 217 g/mol. The molecule has 0 spiro atoms. The second-order valence-corrected chi connectivity index (χ2v) is 3.99. The third kappa shape index (κ3) is 1.14. The minimum Gasteiger partial charge on any atom is -0.464 e. The fourth-order valence-corrected chi connectivity index (χ4v) is 2.11. The van der Waals surface area contributed by atoms with E-state index in [9.17, 15) is 9.18 Å². The van der Waals surface area contributed by atoms with Gasteiger partial charge in [-0.15, -0.1) is 0 Å². The van der Waals surface area contributed by atoms with Gasteiger partial charge < -0.3 is 4.42 Å². The van der Waals surface area contributed by atoms with Crippen LogP contribution in [0.15, 0.2) is 33.9 Å². The Morgan fingerprint density at radius 2 is 2.19 bits per heavy atom. The summed E-state index contributed by atoms with van der Waals surface area (Å²) >= 11 is 0. The lowest BCUT2D eigenvalue weighted by molar-refractivity contribution is 0.548. The van der Waals surface area contributed by atoms with Crippen LogP contribution in [0.2, 0.25) is 0 Å². The molecule has 3 nitrogen and oxygen atoms in total. The second-order valence-electron chi connectivity index (χ2n) is 3.99. The third-order valence-electron chi connectivity index (χ3n) is 3.03. The van der Waals surface area contributed by atoms with Gasteiger partial charge in [-0.2, -0.15) is 4.99 Å². The number of fused-ring (bicyclic) bond motifs is 1. The number of halogens is 1. The standard InChI is InChI=1S/C12H8FNO2/c13-9-1-2-10-8(3-6-16-10)11(9)12(4-5-12)14-7-15/h1-3,6H,4-5H2. The average Bonchev–Trinajstić information content (AvgIpc) is 2.89. The average molecular weight is 217 g/mol. The van der Waals surface area contributed by atoms with Crippen molar-refractivity contribution in [3.05, 3.63) is 35.8 Å². The van der Waals surface area contributed by atoms with Crippen molar-refractivity contribution in [2.45, 2.75) is 18.4 Å². The zero-order chi connectivity index (χ0) is 11.2. The molecule has 0 amide bonds. The van der Waals surface area contributed by atoms with Gasteiger partial charge in [0.2, 0.25) is 6.08 Å². The number of hydrogen-bond acceptors (Lipinski definition) is 3. The highest BCUT2D eigenvalue weighted by molar-refractivity contribution is 5.83. The minimum atomic E-state index is -0.699. The number of rotatable bonds is 2. The Labute approximate surface area is 90.6 Å². The first-order valence-electron chi connectivity index (χ1n) is 5.02. The molecule has 1 saturated carbocycles. The Bertz CT molecular complexity index is 607. The van der Waals surface area contributed by atoms with Crippen LogP contribution in [0.5, 0.6) is 0 Å². The van der Waals surface area contributed by atoms with Gasteiger partial charge in [0, 0.05) is 10.9 Å². The minimum absolute atomic E-state index is 0.342. The molecule has 1 fully saturated rings. The van der Waals surface area contributed by atoms with Gasteiger partial charge in [0.1, 0.15) is 16.9 Å². The Kier molecular flexibility index (Phi) is 1.76. The van der Waals surface area contributed by atoms with Crippen molar-refractivity contribution in [3.8, 4) is 0 Å². The molecule has 0 bridgehead atoms. The van der Waals surface area contributed by atoms with Crippen molar-refractivity contribution in [1.82, 2.24) is 0 Å². The van der Waals surface area contributed by atoms with Crippen molar-refractivity contribution in [3.63, 3.8) is 0 Å². The van der Waals surface area contributed by atoms with Gasteiger partial charge in [-0.3, -0.25) is 0 Å². The van der Waals surface area contributed by atoms with E-state index in [-0.39, 0.29) is 5.82 Å². The van der Waals surface area contributed by atoms with Gasteiger partial charge >= 0.3 is 0 Å². The summed E-state index contributed by atoms with van der Waals surface area (Å²) in [6.07, 6.45) is 4.41. The highest BCUT2D eigenvalue weighted by atomic mass is 19.1. The zero-order valence-corrected chi connectivity index (χ0v) is 8.37. The molecule has 1 aromatic heterocycles. The Morgan fingerprint density at radius 1 is 1.38 bits per heavy atom. The van der Waals surface area contributed by atoms with Gasteiger partial charge in [-0.1, -0.05) is 0 Å². The van der Waals surface area contributed by atoms with Crippen LogP contribution >= 0.6 is 0 Å². The normalized spacial score (nSPS) is 17.1. The first-order chi connectivity index (χ1) is 7.77. The van der Waals surface area contributed by atoms with Crippen LogP contribution in [0, 0.1) is 5.82 Å². The molecular weight excluding hydrogens is 209 g/mol. The molecule has 0 aliphatic heterocycles. The van der Waals surface area contributed by atoms with Crippen LogP contribution in [-0.2, 0) is 10.3 Å². The second kappa shape index (κ2) is 3.03. The molecule has 3 rings (SSSR count). The van der Waals surface area contributed by atoms with Crippen molar-refractivity contribution in [1.29, 1.82) is 0 Å². The van der Waals surface area contributed by atoms with Gasteiger partial charge in [-0.25, -0.2) is 9.18 Å². The smallest absolute Gasteiger partial charge is 0.235 e. The first-order valence-corrected chi connectivity index (χ1v) is 5.02. The van der Waals surface area contributed by atoms with Crippen LogP contribution < -0.4 is 0 Å². The van der Waals surface area contributed by atoms with Gasteiger partial charge in [0.15, 0.2) is 0 Å². The predicted molar refractivity (Wildman–Crippen MR) is 55.2 cm³/mol. The van der Waals surface area contributed by atoms with E-state index in [0.717, 1.165) is 0 Å². The number of nitrogens with zero attached hydrogens (tertiary/aromatic N) is 1. The Hall–Kier alpha value is -1.93. The summed E-state index contributed by atoms with van der Waals surface area (Å²) in [6, 6.07) is 4.63. The van der Waals surface area contributed by atoms with Crippen LogP contribution in [0.1, 0.15) is 18.4 Å². The predicted octanol–water partition coefficient (Wildman–Crippen LogP) is 2.90. The van der Waals surface area contributed by atoms with Gasteiger partial charge in [0.25, 0.3) is 0 Å². The fraction of sp³-hybridized carbons (Fsp3) is 0.250. The van der Waals surface area contributed by atoms with Crippen LogP contribution in [0.3, 0.4) is 0 Å². The number of aliphatic imine (C=N–C) groups is 1. The number of hydrogen-bond donors (Lipinski definition) is 0. The summed E-state index contributed by atoms with van der Waals surface area (Å²) in [6.45, 7) is 0. The maximum atomic E-state index is 13.8. The SMILES string of the molecule is O=C=NC1(c2c(F)ccc3occc23)CC1. The van der Waals surface area contributed by atoms with E-state index >= 15 is 0 Å². The molecule has 1 aliphatic carbocycles. The molecule has 0 unspecified atom stereocenters. The molecule has 1 heterocycles. The number of furan rings is 1. The third-order valence-corrected chi connectivity index (χ3v) is 3.03. The lowest BCUT2D eigenvalue weighted by Crippen LogP contribution is -2.05. The van der Waals surface area contributed by atoms with Crippen molar-refractivity contribution < 1.29 is 13.6 Å². The lowest BCUT2D eigenvalue weighted by atomic mass is 10.0. The van der Waals surface area contributed by atoms with Crippen LogP contribution in [-0.4, -0.2) is 6.08 Å². The highest BCUT2D eigenvalue weighted by Crippen LogP contribution is 2.52. The summed E-state index contributed by atoms with van der Waals surface area (Å²) in [5, 5.41) is 0.691. The van der Waals surface area contributed by atoms with Gasteiger partial charge in [-0.05, 0) is 31.0 Å². The highest BCUT2D eigenvalue weighted by Gasteiger charge is 2.48. The zero-order valence-electron chi connectivity index (χ0n) is 8.37. The van der Waals surface area contributed by atoms with Crippen LogP contribution in [0.4, 0.5) is 4.39 Å². The molecular formula is C12H8FNO2. The fourth-order valence-electron chi connectivity index (χ4n) is 2.11. The molecule has 0 radical (unpaired) electrons. The van der Waals surface area contributed by atoms with E-state index < -0.39 is 5.54 Å². The van der Waals surface area contributed by atoms with Crippen molar-refractivity contribution in [2.24, 2.45) is 4.99 Å². The van der Waals surface area contributed by atoms with Crippen molar-refractivity contribution >= 4 is 17.0 Å². The summed E-state index contributed by atoms with van der Waals surface area (Å²) in [4.78, 5) is 14.1. The summed E-state index contributed by atoms with van der Waals surface area (Å²) in [7, 11) is 0. The Balaban J connectivity index is 2.33. The molecule has 1 aromatic carbocycles. The quantitative estimate of drug-likeness (QED) is 0.573. The lowest BCUT2D eigenvalue weighted by Gasteiger charge is -2.10. The van der Waals surface area contributed by atoms with E-state index in [1.807, 2.05) is 0 Å². The largest absolute Gasteiger partial charge is 0.464 e. The van der Waals surface area contributed by atoms with E-state index in [1.54, 1.807) is 12.1 Å². The molecule has 1 aliphatic rings. The summed E-state index contributed by atoms with van der Waals surface area (Å²) in [5.74, 6) is -0.342. The topological polar surface area (TPSA) is 42.6 Å². The molecule has 4 heteroatoms. The molecule has 0 saturated heterocycles. The number of benzene rings is 1. The van der Waals surface area contributed by atoms with Crippen LogP contribution in [0.25, 0.3) is 11.0 Å². The Morgan fingerprint density at radius 3 is 2.88 bits per heavy atom. The maximum Gasteiger partial charge on any atom is 0.235 e. The molecule has 16 heavy (non-hydrogen) atoms. The van der Waals surface area contributed by atoms with E-state index in [4.69, 9.17) is 4.42 Å². The van der Waals surface area contributed by atoms with E-state index in [2.05, 4.69) is 4.99 Å². The number of carbonyl (C=O) groups excluding carboxylic acids is 1. The van der Waals surface area contributed by atoms with E-state index in [0.29, 0.717) is 29.4 Å². The summed E-state index contributed by atoms with van der Waals surface area (Å²) in [5.41, 5.74) is 0.376.